The number of carbonyl (C=O) groups is 2. The standard InChI is InChI=1S/C22H24N2O3S/c1-14(2)18(24-20(25)17(23)21(24)28-3)22(26)27-19(15-10-6-4-7-11-15)16-12-8-5-9-13-16/h4-13,17,19,21H,23H2,1-3H3/t17-,21-/m0/s1. The van der Waals surface area contributed by atoms with Crippen LogP contribution in [-0.4, -0.2) is 34.4 Å². The van der Waals surface area contributed by atoms with Gasteiger partial charge in [-0.15, -0.1) is 11.8 Å². The first-order chi connectivity index (χ1) is 13.5. The van der Waals surface area contributed by atoms with Gasteiger partial charge >= 0.3 is 5.97 Å². The third kappa shape index (κ3) is 3.84. The van der Waals surface area contributed by atoms with Gasteiger partial charge in [0.05, 0.1) is 0 Å². The number of thioether (sulfide) groups is 1. The Labute approximate surface area is 169 Å². The number of hydrogen-bond acceptors (Lipinski definition) is 5. The highest BCUT2D eigenvalue weighted by Crippen LogP contribution is 2.34. The van der Waals surface area contributed by atoms with Gasteiger partial charge < -0.3 is 10.5 Å². The first-order valence-electron chi connectivity index (χ1n) is 9.05. The molecule has 1 heterocycles. The third-order valence-corrected chi connectivity index (χ3v) is 5.65. The predicted octanol–water partition coefficient (Wildman–Crippen LogP) is 3.47. The Morgan fingerprint density at radius 3 is 1.96 bits per heavy atom. The van der Waals surface area contributed by atoms with E-state index in [2.05, 4.69) is 0 Å². The molecule has 0 aromatic heterocycles. The molecule has 146 valence electrons. The van der Waals surface area contributed by atoms with Gasteiger partial charge in [-0.3, -0.25) is 9.69 Å². The molecule has 2 aromatic carbocycles. The molecule has 0 aliphatic carbocycles. The van der Waals surface area contributed by atoms with Crippen molar-refractivity contribution in [2.45, 2.75) is 31.4 Å². The molecular weight excluding hydrogens is 372 g/mol. The van der Waals surface area contributed by atoms with E-state index < -0.39 is 18.1 Å². The molecular formula is C22H24N2O3S. The molecule has 1 saturated heterocycles. The summed E-state index contributed by atoms with van der Waals surface area (Å²) >= 11 is 1.44. The molecule has 2 N–H and O–H groups in total. The molecule has 2 aromatic rings. The van der Waals surface area contributed by atoms with E-state index in [1.54, 1.807) is 13.8 Å². The summed E-state index contributed by atoms with van der Waals surface area (Å²) in [6.45, 7) is 3.59. The number of likely N-dealkylation sites (tertiary alicyclic amines) is 1. The van der Waals surface area contributed by atoms with E-state index in [1.165, 1.54) is 16.7 Å². The van der Waals surface area contributed by atoms with Gasteiger partial charge in [-0.25, -0.2) is 4.79 Å². The monoisotopic (exact) mass is 396 g/mol. The summed E-state index contributed by atoms with van der Waals surface area (Å²) < 4.78 is 5.94. The summed E-state index contributed by atoms with van der Waals surface area (Å²) in [5.74, 6) is -0.791. The van der Waals surface area contributed by atoms with Crippen LogP contribution in [0.2, 0.25) is 0 Å². The van der Waals surface area contributed by atoms with Gasteiger partial charge in [0.15, 0.2) is 6.10 Å². The summed E-state index contributed by atoms with van der Waals surface area (Å²) in [6, 6.07) is 18.5. The highest BCUT2D eigenvalue weighted by molar-refractivity contribution is 7.99. The quantitative estimate of drug-likeness (QED) is 0.460. The van der Waals surface area contributed by atoms with Crippen molar-refractivity contribution < 1.29 is 14.3 Å². The zero-order valence-corrected chi connectivity index (χ0v) is 17.0. The minimum atomic E-state index is -0.601. The van der Waals surface area contributed by atoms with Gasteiger partial charge in [-0.2, -0.15) is 0 Å². The van der Waals surface area contributed by atoms with Crippen molar-refractivity contribution in [3.63, 3.8) is 0 Å². The molecule has 1 aliphatic heterocycles. The van der Waals surface area contributed by atoms with Gasteiger partial charge in [0.25, 0.3) is 0 Å². The van der Waals surface area contributed by atoms with E-state index in [4.69, 9.17) is 10.5 Å². The molecule has 0 saturated carbocycles. The van der Waals surface area contributed by atoms with Crippen molar-refractivity contribution in [2.75, 3.05) is 6.26 Å². The number of hydrogen-bond donors (Lipinski definition) is 1. The van der Waals surface area contributed by atoms with E-state index in [9.17, 15) is 9.59 Å². The summed E-state index contributed by atoms with van der Waals surface area (Å²) in [5, 5.41) is -0.267. The number of ether oxygens (including phenoxy) is 1. The molecule has 1 aliphatic rings. The van der Waals surface area contributed by atoms with E-state index in [1.807, 2.05) is 66.9 Å². The maximum atomic E-state index is 13.2. The Balaban J connectivity index is 1.93. The minimum Gasteiger partial charge on any atom is -0.448 e. The number of rotatable bonds is 6. The van der Waals surface area contributed by atoms with Gasteiger partial charge in [-0.1, -0.05) is 60.7 Å². The van der Waals surface area contributed by atoms with Crippen molar-refractivity contribution in [2.24, 2.45) is 5.73 Å². The van der Waals surface area contributed by atoms with Crippen molar-refractivity contribution in [3.8, 4) is 0 Å². The zero-order chi connectivity index (χ0) is 20.3. The van der Waals surface area contributed by atoms with Crippen LogP contribution >= 0.6 is 11.8 Å². The Bertz CT molecular complexity index is 840. The molecule has 0 spiro atoms. The van der Waals surface area contributed by atoms with E-state index in [0.29, 0.717) is 5.57 Å². The lowest BCUT2D eigenvalue weighted by molar-refractivity contribution is -0.152. The summed E-state index contributed by atoms with van der Waals surface area (Å²) in [5.41, 5.74) is 8.61. The van der Waals surface area contributed by atoms with Crippen LogP contribution in [0.5, 0.6) is 0 Å². The van der Waals surface area contributed by atoms with Crippen LogP contribution in [0.4, 0.5) is 0 Å². The fraction of sp³-hybridized carbons (Fsp3) is 0.273. The highest BCUT2D eigenvalue weighted by Gasteiger charge is 2.48. The van der Waals surface area contributed by atoms with Crippen LogP contribution in [0.25, 0.3) is 0 Å². The first-order valence-corrected chi connectivity index (χ1v) is 10.3. The largest absolute Gasteiger partial charge is 0.448 e. The van der Waals surface area contributed by atoms with Crippen molar-refractivity contribution in [3.05, 3.63) is 83.1 Å². The van der Waals surface area contributed by atoms with Crippen LogP contribution in [0.1, 0.15) is 31.1 Å². The number of nitrogens with two attached hydrogens (primary N) is 1. The Morgan fingerprint density at radius 2 is 1.54 bits per heavy atom. The maximum absolute atomic E-state index is 13.2. The van der Waals surface area contributed by atoms with Crippen molar-refractivity contribution >= 4 is 23.6 Å². The minimum absolute atomic E-state index is 0.261. The zero-order valence-electron chi connectivity index (χ0n) is 16.2. The lowest BCUT2D eigenvalue weighted by Crippen LogP contribution is -2.67. The molecule has 0 bridgehead atoms. The summed E-state index contributed by atoms with van der Waals surface area (Å²) in [6.07, 6.45) is 1.30. The number of nitrogens with zero attached hydrogens (tertiary/aromatic N) is 1. The average molecular weight is 397 g/mol. The average Bonchev–Trinajstić information content (AvgIpc) is 2.72. The second-order valence-electron chi connectivity index (χ2n) is 6.82. The summed E-state index contributed by atoms with van der Waals surface area (Å²) in [7, 11) is 0. The molecule has 2 atom stereocenters. The number of β-lactam (4-membered cyclic amide) rings is 1. The molecule has 1 fully saturated rings. The fourth-order valence-electron chi connectivity index (χ4n) is 3.27. The van der Waals surface area contributed by atoms with E-state index in [-0.39, 0.29) is 17.0 Å². The normalized spacial score (nSPS) is 18.6. The molecule has 0 radical (unpaired) electrons. The molecule has 3 rings (SSSR count). The van der Waals surface area contributed by atoms with Crippen LogP contribution in [-0.2, 0) is 14.3 Å². The Morgan fingerprint density at radius 1 is 1.04 bits per heavy atom. The SMILES string of the molecule is CS[C@H]1[C@@H](N)C(=O)N1C(C(=O)OC(c1ccccc1)c1ccccc1)=C(C)C. The van der Waals surface area contributed by atoms with Gasteiger partial charge in [-0.05, 0) is 36.8 Å². The lowest BCUT2D eigenvalue weighted by atomic mass is 10.0. The Hall–Kier alpha value is -2.57. The van der Waals surface area contributed by atoms with Crippen molar-refractivity contribution in [1.29, 1.82) is 0 Å². The van der Waals surface area contributed by atoms with Crippen molar-refractivity contribution in [1.82, 2.24) is 4.90 Å². The van der Waals surface area contributed by atoms with Crippen LogP contribution in [0.3, 0.4) is 0 Å². The molecule has 28 heavy (non-hydrogen) atoms. The Kier molecular flexibility index (Phi) is 6.21. The lowest BCUT2D eigenvalue weighted by Gasteiger charge is -2.45. The highest BCUT2D eigenvalue weighted by atomic mass is 32.2. The van der Waals surface area contributed by atoms with Crippen LogP contribution in [0, 0.1) is 0 Å². The van der Waals surface area contributed by atoms with E-state index >= 15 is 0 Å². The van der Waals surface area contributed by atoms with Gasteiger partial charge in [0, 0.05) is 0 Å². The first kappa shape index (κ1) is 20.2. The van der Waals surface area contributed by atoms with Crippen LogP contribution < -0.4 is 5.73 Å². The van der Waals surface area contributed by atoms with Gasteiger partial charge in [0.1, 0.15) is 17.1 Å². The fourth-order valence-corrected chi connectivity index (χ4v) is 4.10. The van der Waals surface area contributed by atoms with Crippen LogP contribution in [0.15, 0.2) is 71.9 Å². The summed E-state index contributed by atoms with van der Waals surface area (Å²) in [4.78, 5) is 27.0. The maximum Gasteiger partial charge on any atom is 0.355 e. The van der Waals surface area contributed by atoms with E-state index in [0.717, 1.165) is 11.1 Å². The number of allylic oxidation sites excluding steroid dienone is 1. The predicted molar refractivity (Wildman–Crippen MR) is 111 cm³/mol. The number of amides is 1. The molecule has 1 amide bonds. The molecule has 6 heteroatoms. The number of carbonyl (C=O) groups excluding carboxylic acids is 2. The number of benzene rings is 2. The third-order valence-electron chi connectivity index (χ3n) is 4.66. The molecule has 0 unspecified atom stereocenters. The second-order valence-corrected chi connectivity index (χ2v) is 7.77. The topological polar surface area (TPSA) is 72.6 Å². The molecule has 5 nitrogen and oxygen atoms in total. The van der Waals surface area contributed by atoms with Gasteiger partial charge in [0.2, 0.25) is 5.91 Å². The number of esters is 1. The second kappa shape index (κ2) is 8.63. The smallest absolute Gasteiger partial charge is 0.355 e.